The Hall–Kier alpha value is -4.28. The minimum absolute atomic E-state index is 0.0194. The van der Waals surface area contributed by atoms with Gasteiger partial charge in [0.25, 0.3) is 0 Å². The monoisotopic (exact) mass is 497 g/mol. The Labute approximate surface area is 213 Å². The molecule has 0 saturated heterocycles. The van der Waals surface area contributed by atoms with Crippen molar-refractivity contribution in [1.29, 1.82) is 0 Å². The number of anilines is 1. The summed E-state index contributed by atoms with van der Waals surface area (Å²) < 4.78 is 7.73. The second-order valence-corrected chi connectivity index (χ2v) is 9.98. The van der Waals surface area contributed by atoms with E-state index < -0.39 is 0 Å². The molecule has 1 amide bonds. The highest BCUT2D eigenvalue weighted by atomic mass is 16.5. The Morgan fingerprint density at radius 2 is 1.92 bits per heavy atom. The van der Waals surface area contributed by atoms with Crippen molar-refractivity contribution in [3.8, 4) is 17.0 Å². The molecule has 37 heavy (non-hydrogen) atoms. The van der Waals surface area contributed by atoms with Crippen LogP contribution in [0.3, 0.4) is 0 Å². The van der Waals surface area contributed by atoms with Crippen molar-refractivity contribution in [3.63, 3.8) is 0 Å². The summed E-state index contributed by atoms with van der Waals surface area (Å²) in [5, 5.41) is 18.9. The third kappa shape index (κ3) is 4.52. The normalized spacial score (nSPS) is 16.9. The van der Waals surface area contributed by atoms with Crippen molar-refractivity contribution in [2.24, 2.45) is 0 Å². The summed E-state index contributed by atoms with van der Waals surface area (Å²) >= 11 is 0. The third-order valence-electron chi connectivity index (χ3n) is 7.20. The Morgan fingerprint density at radius 1 is 1.14 bits per heavy atom. The van der Waals surface area contributed by atoms with Crippen LogP contribution >= 0.6 is 0 Å². The van der Waals surface area contributed by atoms with E-state index in [9.17, 15) is 4.79 Å². The summed E-state index contributed by atoms with van der Waals surface area (Å²) in [5.74, 6) is 1.10. The maximum absolute atomic E-state index is 13.0. The third-order valence-corrected chi connectivity index (χ3v) is 7.20. The minimum atomic E-state index is -0.0194. The van der Waals surface area contributed by atoms with E-state index >= 15 is 0 Å². The zero-order chi connectivity index (χ0) is 24.8. The van der Waals surface area contributed by atoms with Gasteiger partial charge in [0.1, 0.15) is 18.3 Å². The standard InChI is InChI=1S/C26H27N9O2/c36-24(34-8-7-22-23(14-34)31-33-30-22)15-35-13-21(25(32-35)37-20-5-6-20)18-11-27-26(28-12-18)29-19-9-16-3-1-2-4-17(16)10-19/h1-4,11-13,19-20H,5-10,14-15H2,(H,27,28,29)(H,30,31,33). The summed E-state index contributed by atoms with van der Waals surface area (Å²) in [6.07, 6.45) is 10.3. The number of nitrogens with zero attached hydrogens (tertiary/aromatic N) is 7. The number of aromatic nitrogens is 7. The number of amides is 1. The van der Waals surface area contributed by atoms with E-state index in [1.54, 1.807) is 22.0 Å². The Bertz CT molecular complexity index is 1420. The van der Waals surface area contributed by atoms with E-state index in [0.29, 0.717) is 24.9 Å². The molecule has 188 valence electrons. The van der Waals surface area contributed by atoms with Crippen LogP contribution in [0.1, 0.15) is 35.4 Å². The van der Waals surface area contributed by atoms with Crippen LogP contribution in [-0.4, -0.2) is 64.7 Å². The molecule has 1 aromatic carbocycles. The zero-order valence-electron chi connectivity index (χ0n) is 20.3. The van der Waals surface area contributed by atoms with Crippen LogP contribution in [0.5, 0.6) is 5.88 Å². The van der Waals surface area contributed by atoms with Gasteiger partial charge in [0, 0.05) is 43.2 Å². The van der Waals surface area contributed by atoms with Crippen LogP contribution in [-0.2, 0) is 37.1 Å². The van der Waals surface area contributed by atoms with Gasteiger partial charge in [-0.15, -0.1) is 10.2 Å². The van der Waals surface area contributed by atoms with Crippen LogP contribution in [0.25, 0.3) is 11.1 Å². The van der Waals surface area contributed by atoms with E-state index in [2.05, 4.69) is 60.1 Å². The van der Waals surface area contributed by atoms with E-state index in [4.69, 9.17) is 4.74 Å². The molecule has 3 aromatic heterocycles. The van der Waals surface area contributed by atoms with E-state index in [0.717, 1.165) is 54.6 Å². The summed E-state index contributed by atoms with van der Waals surface area (Å²) in [6.45, 7) is 1.21. The molecule has 1 saturated carbocycles. The highest BCUT2D eigenvalue weighted by molar-refractivity contribution is 5.76. The fourth-order valence-electron chi connectivity index (χ4n) is 5.05. The van der Waals surface area contributed by atoms with Crippen LogP contribution in [0, 0.1) is 0 Å². The highest BCUT2D eigenvalue weighted by Crippen LogP contribution is 2.34. The van der Waals surface area contributed by atoms with Gasteiger partial charge in [0.15, 0.2) is 0 Å². The number of H-pyrrole nitrogens is 1. The van der Waals surface area contributed by atoms with Gasteiger partial charge in [-0.3, -0.25) is 14.6 Å². The number of benzene rings is 1. The van der Waals surface area contributed by atoms with Crippen LogP contribution < -0.4 is 10.1 Å². The lowest BCUT2D eigenvalue weighted by Crippen LogP contribution is -2.38. The zero-order valence-corrected chi connectivity index (χ0v) is 20.3. The molecule has 11 nitrogen and oxygen atoms in total. The second kappa shape index (κ2) is 8.99. The highest BCUT2D eigenvalue weighted by Gasteiger charge is 2.28. The van der Waals surface area contributed by atoms with Gasteiger partial charge >= 0.3 is 0 Å². The van der Waals surface area contributed by atoms with E-state index in [1.165, 1.54) is 11.1 Å². The maximum Gasteiger partial charge on any atom is 0.244 e. The topological polar surface area (TPSA) is 127 Å². The average molecular weight is 498 g/mol. The number of hydrogen-bond acceptors (Lipinski definition) is 8. The average Bonchev–Trinajstić information content (AvgIpc) is 3.27. The van der Waals surface area contributed by atoms with Crippen molar-refractivity contribution in [2.75, 3.05) is 11.9 Å². The first-order valence-corrected chi connectivity index (χ1v) is 12.7. The minimum Gasteiger partial charge on any atom is -0.473 e. The largest absolute Gasteiger partial charge is 0.473 e. The molecular formula is C26H27N9O2. The lowest BCUT2D eigenvalue weighted by molar-refractivity contribution is -0.133. The molecule has 1 aliphatic heterocycles. The van der Waals surface area contributed by atoms with Gasteiger partial charge in [-0.2, -0.15) is 0 Å². The van der Waals surface area contributed by atoms with E-state index in [-0.39, 0.29) is 24.6 Å². The molecule has 4 heterocycles. The first kappa shape index (κ1) is 22.0. The molecule has 11 heteroatoms. The van der Waals surface area contributed by atoms with Gasteiger partial charge < -0.3 is 15.0 Å². The predicted octanol–water partition coefficient (Wildman–Crippen LogP) is 2.16. The van der Waals surface area contributed by atoms with Gasteiger partial charge in [0.2, 0.25) is 17.7 Å². The van der Waals surface area contributed by atoms with Crippen molar-refractivity contribution in [3.05, 3.63) is 65.4 Å². The SMILES string of the molecule is O=C(Cn1cc(-c2cnc(NC3Cc4ccccc4C3)nc2)c(OC2CC2)n1)N1CCc2[nH]nnc2C1. The molecule has 1 fully saturated rings. The van der Waals surface area contributed by atoms with Gasteiger partial charge in [-0.1, -0.05) is 29.5 Å². The van der Waals surface area contributed by atoms with Gasteiger partial charge in [-0.25, -0.2) is 9.97 Å². The van der Waals surface area contributed by atoms with Crippen molar-refractivity contribution >= 4 is 11.9 Å². The Morgan fingerprint density at radius 3 is 2.68 bits per heavy atom. The van der Waals surface area contributed by atoms with Crippen molar-refractivity contribution < 1.29 is 9.53 Å². The molecule has 0 radical (unpaired) electrons. The Kier molecular flexibility index (Phi) is 5.33. The molecule has 2 aliphatic carbocycles. The lowest BCUT2D eigenvalue weighted by Gasteiger charge is -2.25. The van der Waals surface area contributed by atoms with Crippen LogP contribution in [0.15, 0.2) is 42.9 Å². The smallest absolute Gasteiger partial charge is 0.244 e. The summed E-state index contributed by atoms with van der Waals surface area (Å²) in [6, 6.07) is 8.82. The molecule has 0 spiro atoms. The van der Waals surface area contributed by atoms with Gasteiger partial charge in [0.05, 0.1) is 17.8 Å². The molecule has 3 aliphatic rings. The van der Waals surface area contributed by atoms with Crippen LogP contribution in [0.4, 0.5) is 5.95 Å². The molecule has 4 aromatic rings. The fraction of sp³-hybridized carbons (Fsp3) is 0.385. The molecular weight excluding hydrogens is 470 g/mol. The maximum atomic E-state index is 13.0. The number of carbonyl (C=O) groups is 1. The first-order chi connectivity index (χ1) is 18.2. The summed E-state index contributed by atoms with van der Waals surface area (Å²) in [7, 11) is 0. The number of carbonyl (C=O) groups excluding carboxylic acids is 1. The number of fused-ring (bicyclic) bond motifs is 2. The number of ether oxygens (including phenoxy) is 1. The summed E-state index contributed by atoms with van der Waals surface area (Å²) in [4.78, 5) is 23.9. The predicted molar refractivity (Wildman–Crippen MR) is 134 cm³/mol. The molecule has 0 unspecified atom stereocenters. The van der Waals surface area contributed by atoms with Gasteiger partial charge in [-0.05, 0) is 36.8 Å². The molecule has 2 N–H and O–H groups in total. The van der Waals surface area contributed by atoms with Crippen molar-refractivity contribution in [2.45, 2.75) is 57.3 Å². The second-order valence-electron chi connectivity index (χ2n) is 9.98. The van der Waals surface area contributed by atoms with Crippen molar-refractivity contribution in [1.82, 2.24) is 40.1 Å². The number of aromatic amines is 1. The number of hydrogen-bond donors (Lipinski definition) is 2. The molecule has 0 bridgehead atoms. The number of rotatable bonds is 7. The Balaban J connectivity index is 1.06. The first-order valence-electron chi connectivity index (χ1n) is 12.7. The number of nitrogens with one attached hydrogen (secondary N) is 2. The van der Waals surface area contributed by atoms with Crippen LogP contribution in [0.2, 0.25) is 0 Å². The summed E-state index contributed by atoms with van der Waals surface area (Å²) in [5.41, 5.74) is 6.18. The molecule has 0 atom stereocenters. The lowest BCUT2D eigenvalue weighted by atomic mass is 10.1. The molecule has 7 rings (SSSR count). The fourth-order valence-corrected chi connectivity index (χ4v) is 5.05. The van der Waals surface area contributed by atoms with E-state index in [1.807, 2.05) is 6.20 Å². The quantitative estimate of drug-likeness (QED) is 0.398.